The Hall–Kier alpha value is -3.70. The second-order valence-corrected chi connectivity index (χ2v) is 13.9. The molecule has 0 N–H and O–H groups in total. The summed E-state index contributed by atoms with van der Waals surface area (Å²) >= 11 is 3.17. The highest BCUT2D eigenvalue weighted by Crippen LogP contribution is 2.51. The van der Waals surface area contributed by atoms with E-state index in [1.165, 1.54) is 35.3 Å². The number of pyridine rings is 2. The van der Waals surface area contributed by atoms with E-state index in [-0.39, 0.29) is 23.8 Å². The summed E-state index contributed by atoms with van der Waals surface area (Å²) in [4.78, 5) is 36.3. The molecule has 1 aromatic carbocycles. The van der Waals surface area contributed by atoms with Crippen LogP contribution in [0, 0.1) is 11.8 Å². The van der Waals surface area contributed by atoms with Gasteiger partial charge in [-0.25, -0.2) is 0 Å². The van der Waals surface area contributed by atoms with Gasteiger partial charge in [0.2, 0.25) is 5.78 Å². The third-order valence-corrected chi connectivity index (χ3v) is 11.2. The predicted molar refractivity (Wildman–Crippen MR) is 180 cm³/mol. The van der Waals surface area contributed by atoms with Crippen molar-refractivity contribution in [1.82, 2.24) is 9.97 Å². The van der Waals surface area contributed by atoms with Gasteiger partial charge in [0.25, 0.3) is 0 Å². The molecule has 2 atom stereocenters. The summed E-state index contributed by atoms with van der Waals surface area (Å²) in [6.07, 6.45) is 11.7. The lowest BCUT2D eigenvalue weighted by Gasteiger charge is -2.14. The van der Waals surface area contributed by atoms with Crippen LogP contribution < -0.4 is 9.47 Å². The summed E-state index contributed by atoms with van der Waals surface area (Å²) in [5.74, 6) is 2.74. The summed E-state index contributed by atoms with van der Waals surface area (Å²) in [6, 6.07) is 7.68. The van der Waals surface area contributed by atoms with Gasteiger partial charge in [0.1, 0.15) is 11.5 Å². The molecule has 0 aliphatic heterocycles. The van der Waals surface area contributed by atoms with Crippen molar-refractivity contribution in [2.75, 3.05) is 27.4 Å². The fraction of sp³-hybridized carbons (Fsp3) is 0.389. The van der Waals surface area contributed by atoms with E-state index in [1.54, 1.807) is 44.0 Å². The molecule has 5 aromatic rings. The van der Waals surface area contributed by atoms with Crippen molar-refractivity contribution in [2.45, 2.75) is 51.7 Å². The third kappa shape index (κ3) is 5.51. The van der Waals surface area contributed by atoms with Gasteiger partial charge in [-0.05, 0) is 75.6 Å². The van der Waals surface area contributed by atoms with Crippen LogP contribution in [0.1, 0.15) is 92.6 Å². The van der Waals surface area contributed by atoms with Gasteiger partial charge in [0.15, 0.2) is 5.78 Å². The maximum Gasteiger partial charge on any atom is 0.204 e. The van der Waals surface area contributed by atoms with Gasteiger partial charge in [-0.15, -0.1) is 22.7 Å². The number of carbonyl (C=O) groups is 2. The van der Waals surface area contributed by atoms with E-state index in [9.17, 15) is 9.59 Å². The number of methoxy groups -OCH3 is 2. The number of carbonyl (C=O) groups excluding carboxylic acids is 2. The van der Waals surface area contributed by atoms with Gasteiger partial charge in [0.05, 0.1) is 41.6 Å². The highest BCUT2D eigenvalue weighted by atomic mass is 32.1. The Kier molecular flexibility index (Phi) is 8.63. The maximum atomic E-state index is 12.6. The van der Waals surface area contributed by atoms with Crippen molar-refractivity contribution >= 4 is 55.1 Å². The summed E-state index contributed by atoms with van der Waals surface area (Å²) in [6.45, 7) is 5.40. The van der Waals surface area contributed by atoms with E-state index in [0.717, 1.165) is 56.7 Å². The first-order valence-electron chi connectivity index (χ1n) is 15.8. The molecule has 3 aliphatic carbocycles. The number of ketones is 2. The monoisotopic (exact) mass is 656 g/mol. The zero-order valence-corrected chi connectivity index (χ0v) is 28.0. The van der Waals surface area contributed by atoms with Crippen LogP contribution in [0.3, 0.4) is 0 Å². The fourth-order valence-corrected chi connectivity index (χ4v) is 8.93. The Morgan fingerprint density at radius 2 is 1.35 bits per heavy atom. The van der Waals surface area contributed by atoms with Gasteiger partial charge >= 0.3 is 0 Å². The minimum Gasteiger partial charge on any atom is -0.495 e. The topological polar surface area (TPSA) is 96.8 Å². The lowest BCUT2D eigenvalue weighted by atomic mass is 9.90. The second kappa shape index (κ2) is 12.8. The first kappa shape index (κ1) is 30.9. The van der Waals surface area contributed by atoms with Gasteiger partial charge in [-0.2, -0.15) is 0 Å². The Bertz CT molecular complexity index is 1830. The van der Waals surface area contributed by atoms with Crippen molar-refractivity contribution < 1.29 is 28.5 Å². The number of ether oxygens (including phenoxy) is 4. The Labute approximate surface area is 275 Å². The van der Waals surface area contributed by atoms with Crippen LogP contribution in [0.4, 0.5) is 0 Å². The number of hydrogen-bond acceptors (Lipinski definition) is 10. The highest BCUT2D eigenvalue weighted by molar-refractivity contribution is 7.19. The molecule has 0 bridgehead atoms. The predicted octanol–water partition coefficient (Wildman–Crippen LogP) is 8.36. The second-order valence-electron chi connectivity index (χ2n) is 11.8. The summed E-state index contributed by atoms with van der Waals surface area (Å²) < 4.78 is 24.5. The minimum absolute atomic E-state index is 0.0161. The van der Waals surface area contributed by atoms with E-state index in [4.69, 9.17) is 18.9 Å². The Morgan fingerprint density at radius 3 is 1.98 bits per heavy atom. The van der Waals surface area contributed by atoms with Crippen molar-refractivity contribution in [1.29, 1.82) is 0 Å². The van der Waals surface area contributed by atoms with E-state index < -0.39 is 0 Å². The van der Waals surface area contributed by atoms with Crippen molar-refractivity contribution in [3.8, 4) is 11.5 Å². The number of nitrogens with zero attached hydrogens (tertiary/aromatic N) is 2. The fourth-order valence-electron chi connectivity index (χ4n) is 6.34. The molecule has 8 nitrogen and oxygen atoms in total. The number of hydrogen-bond donors (Lipinski definition) is 0. The molecular weight excluding hydrogens is 621 g/mol. The molecule has 4 aromatic heterocycles. The molecule has 0 spiro atoms. The van der Waals surface area contributed by atoms with E-state index >= 15 is 0 Å². The molecular formula is C36H36N2O6S2. The third-order valence-electron chi connectivity index (χ3n) is 8.79. The standard InChI is InChI=1S/C19H21NO3S.C17H15NO3S/c1-4-23-16(11-5-6-11)15-9-13-17(21-2)14-10-20-8-7-12(14)18(22-3)19(13)24-15;1-2-21-16(9-3-4-9)13-7-11-14(19)12-8-18-6-5-10(12)15(20)17(11)22-13/h7-11,16H,4-6H2,1-3H3;5-9,16H,2-4H2,1H3. The molecule has 0 amide bonds. The van der Waals surface area contributed by atoms with Crippen LogP contribution in [0.15, 0.2) is 49.1 Å². The summed E-state index contributed by atoms with van der Waals surface area (Å²) in [7, 11) is 3.44. The Morgan fingerprint density at radius 1 is 0.717 bits per heavy atom. The van der Waals surface area contributed by atoms with E-state index in [2.05, 4.69) is 23.0 Å². The van der Waals surface area contributed by atoms with Crippen molar-refractivity contribution in [3.63, 3.8) is 0 Å². The number of benzene rings is 1. The molecule has 2 saturated carbocycles. The number of thiophene rings is 2. The van der Waals surface area contributed by atoms with E-state index in [1.807, 2.05) is 25.3 Å². The zero-order valence-electron chi connectivity index (χ0n) is 26.3. The molecule has 238 valence electrons. The average molecular weight is 657 g/mol. The lowest BCUT2D eigenvalue weighted by Crippen LogP contribution is -2.18. The quantitative estimate of drug-likeness (QED) is 0.145. The largest absolute Gasteiger partial charge is 0.495 e. The summed E-state index contributed by atoms with van der Waals surface area (Å²) in [5, 5.41) is 3.10. The highest BCUT2D eigenvalue weighted by Gasteiger charge is 2.38. The van der Waals surface area contributed by atoms with Crippen LogP contribution in [0.5, 0.6) is 11.5 Å². The van der Waals surface area contributed by atoms with Crippen LogP contribution in [-0.2, 0) is 9.47 Å². The van der Waals surface area contributed by atoms with Gasteiger partial charge in [-0.1, -0.05) is 0 Å². The molecule has 46 heavy (non-hydrogen) atoms. The van der Waals surface area contributed by atoms with E-state index in [0.29, 0.717) is 40.0 Å². The first-order valence-corrected chi connectivity index (χ1v) is 17.4. The Balaban J connectivity index is 0.000000147. The van der Waals surface area contributed by atoms with Crippen LogP contribution in [0.2, 0.25) is 0 Å². The normalized spacial score (nSPS) is 16.9. The van der Waals surface area contributed by atoms with Crippen LogP contribution >= 0.6 is 22.7 Å². The zero-order chi connectivity index (χ0) is 31.9. The molecule has 4 heterocycles. The van der Waals surface area contributed by atoms with Gasteiger partial charge < -0.3 is 18.9 Å². The molecule has 0 radical (unpaired) electrons. The summed E-state index contributed by atoms with van der Waals surface area (Å²) in [5.41, 5.74) is 1.37. The van der Waals surface area contributed by atoms with Crippen LogP contribution in [0.25, 0.3) is 20.9 Å². The number of fused-ring (bicyclic) bond motifs is 4. The molecule has 2 fully saturated rings. The number of aromatic nitrogens is 2. The van der Waals surface area contributed by atoms with Crippen LogP contribution in [-0.4, -0.2) is 49.0 Å². The van der Waals surface area contributed by atoms with Gasteiger partial charge in [0, 0.05) is 75.0 Å². The first-order chi connectivity index (χ1) is 22.5. The molecule has 10 heteroatoms. The van der Waals surface area contributed by atoms with Crippen molar-refractivity contribution in [3.05, 3.63) is 80.4 Å². The molecule has 2 unspecified atom stereocenters. The van der Waals surface area contributed by atoms with Gasteiger partial charge in [-0.3, -0.25) is 19.6 Å². The average Bonchev–Trinajstić information content (AvgIpc) is 4.02. The lowest BCUT2D eigenvalue weighted by molar-refractivity contribution is 0.0488. The molecule has 8 rings (SSSR count). The van der Waals surface area contributed by atoms with Crippen molar-refractivity contribution in [2.24, 2.45) is 11.8 Å². The molecule has 3 aliphatic rings. The maximum absolute atomic E-state index is 12.6. The minimum atomic E-state index is -0.105. The number of rotatable bonds is 10. The molecule has 0 saturated heterocycles. The smallest absolute Gasteiger partial charge is 0.204 e. The SMILES string of the molecule is CCOC(c1cc2c(OC)c3cnccc3c(OC)c2s1)C1CC1.CCOC(c1cc2c(s1)C(=O)c1ccncc1C2=O)C1CC1.